The normalized spacial score (nSPS) is 18.2. The van der Waals surface area contributed by atoms with Gasteiger partial charge in [0.15, 0.2) is 0 Å². The molecule has 1 fully saturated rings. The molecule has 146 valence electrons. The molecule has 0 aromatic heterocycles. The third-order valence-electron chi connectivity index (χ3n) is 5.72. The zero-order valence-electron chi connectivity index (χ0n) is 16.8. The molecule has 4 heteroatoms. The lowest BCUT2D eigenvalue weighted by atomic mass is 9.94. The number of nitriles is 1. The van der Waals surface area contributed by atoms with Crippen LogP contribution in [0.5, 0.6) is 0 Å². The monoisotopic (exact) mass is 375 g/mol. The van der Waals surface area contributed by atoms with E-state index in [0.29, 0.717) is 12.1 Å². The van der Waals surface area contributed by atoms with E-state index in [-0.39, 0.29) is 17.9 Å². The van der Waals surface area contributed by atoms with Crippen LogP contribution in [0.1, 0.15) is 49.4 Å². The Morgan fingerprint density at radius 2 is 1.93 bits per heavy atom. The molecule has 2 unspecified atom stereocenters. The van der Waals surface area contributed by atoms with Gasteiger partial charge in [-0.3, -0.25) is 9.69 Å². The van der Waals surface area contributed by atoms with Gasteiger partial charge in [-0.1, -0.05) is 42.5 Å². The van der Waals surface area contributed by atoms with Gasteiger partial charge in [-0.2, -0.15) is 5.26 Å². The van der Waals surface area contributed by atoms with Crippen LogP contribution in [0, 0.1) is 17.2 Å². The van der Waals surface area contributed by atoms with Crippen molar-refractivity contribution in [3.05, 3.63) is 71.3 Å². The summed E-state index contributed by atoms with van der Waals surface area (Å²) in [4.78, 5) is 17.7. The van der Waals surface area contributed by atoms with Crippen molar-refractivity contribution < 1.29 is 4.79 Å². The van der Waals surface area contributed by atoms with Gasteiger partial charge in [0, 0.05) is 19.6 Å². The van der Waals surface area contributed by atoms with Crippen LogP contribution in [0.15, 0.2) is 54.6 Å². The molecule has 1 amide bonds. The zero-order valence-corrected chi connectivity index (χ0v) is 16.8. The Balaban J connectivity index is 1.66. The van der Waals surface area contributed by atoms with Gasteiger partial charge in [0.25, 0.3) is 0 Å². The molecular formula is C24H29N3O. The molecule has 0 spiro atoms. The third-order valence-corrected chi connectivity index (χ3v) is 5.72. The van der Waals surface area contributed by atoms with Crippen molar-refractivity contribution in [3.8, 4) is 6.07 Å². The van der Waals surface area contributed by atoms with Crippen LogP contribution >= 0.6 is 0 Å². The van der Waals surface area contributed by atoms with Crippen molar-refractivity contribution in [1.82, 2.24) is 9.80 Å². The molecule has 0 aliphatic carbocycles. The van der Waals surface area contributed by atoms with Crippen molar-refractivity contribution in [3.63, 3.8) is 0 Å². The summed E-state index contributed by atoms with van der Waals surface area (Å²) in [6.45, 7) is 7.59. The average Bonchev–Trinajstić information content (AvgIpc) is 2.75. The average molecular weight is 376 g/mol. The van der Waals surface area contributed by atoms with Crippen LogP contribution in [0.2, 0.25) is 0 Å². The first-order chi connectivity index (χ1) is 13.6. The molecule has 0 saturated carbocycles. The minimum absolute atomic E-state index is 0.00902. The molecule has 3 rings (SSSR count). The number of piperidine rings is 1. The number of carbonyl (C=O) groups excluding carboxylic acids is 1. The van der Waals surface area contributed by atoms with Gasteiger partial charge in [-0.25, -0.2) is 0 Å². The summed E-state index contributed by atoms with van der Waals surface area (Å²) in [7, 11) is 0. The van der Waals surface area contributed by atoms with Gasteiger partial charge in [-0.05, 0) is 56.5 Å². The zero-order chi connectivity index (χ0) is 19.9. The number of hydrogen-bond acceptors (Lipinski definition) is 3. The van der Waals surface area contributed by atoms with Gasteiger partial charge in [0.1, 0.15) is 0 Å². The molecule has 1 saturated heterocycles. The molecular weight excluding hydrogens is 346 g/mol. The number of carbonyl (C=O) groups is 1. The third kappa shape index (κ3) is 4.79. The highest BCUT2D eigenvalue weighted by Crippen LogP contribution is 2.26. The molecule has 0 bridgehead atoms. The van der Waals surface area contributed by atoms with Crippen LogP contribution < -0.4 is 0 Å². The molecule has 0 N–H and O–H groups in total. The number of nitrogens with zero attached hydrogens (tertiary/aromatic N) is 3. The number of hydrogen-bond donors (Lipinski definition) is 0. The smallest absolute Gasteiger partial charge is 0.227 e. The summed E-state index contributed by atoms with van der Waals surface area (Å²) in [6.07, 6.45) is 2.02. The van der Waals surface area contributed by atoms with Crippen LogP contribution in [0.4, 0.5) is 0 Å². The quantitative estimate of drug-likeness (QED) is 0.753. The molecule has 1 aliphatic heterocycles. The van der Waals surface area contributed by atoms with Crippen molar-refractivity contribution in [1.29, 1.82) is 5.26 Å². The fourth-order valence-corrected chi connectivity index (χ4v) is 4.11. The van der Waals surface area contributed by atoms with Gasteiger partial charge in [-0.15, -0.1) is 0 Å². The first kappa shape index (κ1) is 20.1. The van der Waals surface area contributed by atoms with E-state index in [4.69, 9.17) is 5.26 Å². The van der Waals surface area contributed by atoms with Crippen LogP contribution in [-0.2, 0) is 11.3 Å². The van der Waals surface area contributed by atoms with Crippen molar-refractivity contribution in [2.45, 2.75) is 39.3 Å². The van der Waals surface area contributed by atoms with E-state index in [1.54, 1.807) is 0 Å². The van der Waals surface area contributed by atoms with Crippen LogP contribution in [0.25, 0.3) is 0 Å². The van der Waals surface area contributed by atoms with Crippen molar-refractivity contribution >= 4 is 5.91 Å². The van der Waals surface area contributed by atoms with E-state index in [9.17, 15) is 4.79 Å². The van der Waals surface area contributed by atoms with E-state index in [0.717, 1.165) is 38.0 Å². The fraction of sp³-hybridized carbons (Fsp3) is 0.417. The fourth-order valence-electron chi connectivity index (χ4n) is 4.11. The molecule has 1 heterocycles. The number of benzene rings is 2. The second-order valence-corrected chi connectivity index (χ2v) is 7.59. The molecule has 1 aliphatic rings. The molecule has 28 heavy (non-hydrogen) atoms. The lowest BCUT2D eigenvalue weighted by Crippen LogP contribution is -2.45. The lowest BCUT2D eigenvalue weighted by molar-refractivity contribution is -0.139. The first-order valence-corrected chi connectivity index (χ1v) is 10.2. The first-order valence-electron chi connectivity index (χ1n) is 10.2. The predicted molar refractivity (Wildman–Crippen MR) is 111 cm³/mol. The maximum atomic E-state index is 13.3. The highest BCUT2D eigenvalue weighted by atomic mass is 16.2. The van der Waals surface area contributed by atoms with Gasteiger partial charge < -0.3 is 4.90 Å². The van der Waals surface area contributed by atoms with E-state index in [2.05, 4.69) is 42.2 Å². The van der Waals surface area contributed by atoms with Gasteiger partial charge >= 0.3 is 0 Å². The second-order valence-electron chi connectivity index (χ2n) is 7.59. The molecule has 0 radical (unpaired) electrons. The van der Waals surface area contributed by atoms with Gasteiger partial charge in [0.05, 0.1) is 23.6 Å². The summed E-state index contributed by atoms with van der Waals surface area (Å²) in [6, 6.07) is 20.2. The summed E-state index contributed by atoms with van der Waals surface area (Å²) in [5.41, 5.74) is 3.02. The topological polar surface area (TPSA) is 47.3 Å². The Hall–Kier alpha value is -2.64. The number of amides is 1. The summed E-state index contributed by atoms with van der Waals surface area (Å²) in [5.74, 6) is 0.301. The Morgan fingerprint density at radius 3 is 2.57 bits per heavy atom. The Morgan fingerprint density at radius 1 is 1.21 bits per heavy atom. The molecule has 4 nitrogen and oxygen atoms in total. The maximum absolute atomic E-state index is 13.3. The van der Waals surface area contributed by atoms with Crippen LogP contribution in [0.3, 0.4) is 0 Å². The SMILES string of the molecule is CCN(C(=O)C1CCCN(Cc2ccccc2)C1)C(C)c1ccc(C#N)cc1. The van der Waals surface area contributed by atoms with E-state index in [1.807, 2.05) is 42.2 Å². The minimum Gasteiger partial charge on any atom is -0.336 e. The predicted octanol–water partition coefficient (Wildman–Crippen LogP) is 4.38. The van der Waals surface area contributed by atoms with Crippen LogP contribution in [-0.4, -0.2) is 35.3 Å². The Kier molecular flexibility index (Phi) is 6.84. The highest BCUT2D eigenvalue weighted by molar-refractivity contribution is 5.79. The minimum atomic E-state index is 0.00902. The van der Waals surface area contributed by atoms with Gasteiger partial charge in [0.2, 0.25) is 5.91 Å². The molecule has 2 atom stereocenters. The molecule has 2 aromatic rings. The summed E-state index contributed by atoms with van der Waals surface area (Å²) in [5, 5.41) is 8.99. The summed E-state index contributed by atoms with van der Waals surface area (Å²) < 4.78 is 0. The highest BCUT2D eigenvalue weighted by Gasteiger charge is 2.31. The van der Waals surface area contributed by atoms with E-state index in [1.165, 1.54) is 5.56 Å². The van der Waals surface area contributed by atoms with Crippen molar-refractivity contribution in [2.24, 2.45) is 5.92 Å². The Bertz CT molecular complexity index is 810. The largest absolute Gasteiger partial charge is 0.336 e. The van der Waals surface area contributed by atoms with E-state index >= 15 is 0 Å². The second kappa shape index (κ2) is 9.52. The van der Waals surface area contributed by atoms with E-state index < -0.39 is 0 Å². The Labute approximate surface area is 168 Å². The maximum Gasteiger partial charge on any atom is 0.227 e. The standard InChI is InChI=1S/C24H29N3O/c1-3-27(19(2)22-13-11-20(16-25)12-14-22)24(28)23-10-7-15-26(18-23)17-21-8-5-4-6-9-21/h4-6,8-9,11-14,19,23H,3,7,10,15,17-18H2,1-2H3. The summed E-state index contributed by atoms with van der Waals surface area (Å²) >= 11 is 0. The number of likely N-dealkylation sites (tertiary alicyclic amines) is 1. The molecule has 2 aromatic carbocycles. The lowest BCUT2D eigenvalue weighted by Gasteiger charge is -2.37. The number of rotatable bonds is 6. The van der Waals surface area contributed by atoms with Crippen molar-refractivity contribution in [2.75, 3.05) is 19.6 Å².